The largest absolute Gasteiger partial charge is 0.488 e. The molecule has 0 amide bonds. The van der Waals surface area contributed by atoms with E-state index in [4.69, 9.17) is 22.1 Å². The number of anilines is 1. The third kappa shape index (κ3) is 1.90. The number of halogens is 1. The smallest absolute Gasteiger partial charge is 0.161 e. The Bertz CT molecular complexity index is 356. The van der Waals surface area contributed by atoms with E-state index in [1.807, 2.05) is 18.2 Å². The molecule has 1 aliphatic rings. The second-order valence-electron chi connectivity index (χ2n) is 3.74. The highest BCUT2D eigenvalue weighted by atomic mass is 35.5. The summed E-state index contributed by atoms with van der Waals surface area (Å²) in [5.74, 6) is 0.787. The first kappa shape index (κ1) is 10.6. The van der Waals surface area contributed by atoms with E-state index in [1.54, 1.807) is 0 Å². The molecular weight excluding hydrogens is 212 g/mol. The highest BCUT2D eigenvalue weighted by Gasteiger charge is 2.25. The molecule has 1 atom stereocenters. The third-order valence-corrected chi connectivity index (χ3v) is 3.09. The summed E-state index contributed by atoms with van der Waals surface area (Å²) in [5.41, 5.74) is 6.61. The molecule has 0 aromatic heterocycles. The van der Waals surface area contributed by atoms with Gasteiger partial charge < -0.3 is 15.4 Å². The number of ether oxygens (including phenoxy) is 1. The van der Waals surface area contributed by atoms with E-state index in [0.29, 0.717) is 24.2 Å². The molecule has 0 aliphatic carbocycles. The molecule has 3 nitrogen and oxygen atoms in total. The van der Waals surface area contributed by atoms with Crippen molar-refractivity contribution in [2.24, 2.45) is 5.73 Å². The Morgan fingerprint density at radius 1 is 1.60 bits per heavy atom. The Morgan fingerprint density at radius 2 is 2.40 bits per heavy atom. The maximum absolute atomic E-state index is 6.06. The number of hydrogen-bond acceptors (Lipinski definition) is 3. The zero-order chi connectivity index (χ0) is 10.8. The van der Waals surface area contributed by atoms with Crippen LogP contribution in [0.4, 0.5) is 5.69 Å². The highest BCUT2D eigenvalue weighted by molar-refractivity contribution is 6.32. The van der Waals surface area contributed by atoms with Crippen molar-refractivity contribution in [3.05, 3.63) is 23.2 Å². The molecule has 1 aliphatic heterocycles. The van der Waals surface area contributed by atoms with Crippen LogP contribution in [0.3, 0.4) is 0 Å². The van der Waals surface area contributed by atoms with E-state index >= 15 is 0 Å². The Hall–Kier alpha value is -0.930. The highest BCUT2D eigenvalue weighted by Crippen LogP contribution is 2.38. The molecule has 2 rings (SSSR count). The van der Waals surface area contributed by atoms with Gasteiger partial charge in [-0.3, -0.25) is 0 Å². The lowest BCUT2D eigenvalue weighted by atomic mass is 10.1. The Kier molecular flexibility index (Phi) is 3.03. The molecule has 1 unspecified atom stereocenters. The van der Waals surface area contributed by atoms with Gasteiger partial charge in [0.25, 0.3) is 0 Å². The number of nitrogens with two attached hydrogens (primary N) is 1. The summed E-state index contributed by atoms with van der Waals surface area (Å²) in [7, 11) is 2.05. The van der Waals surface area contributed by atoms with Crippen molar-refractivity contribution in [1.29, 1.82) is 0 Å². The number of likely N-dealkylation sites (N-methyl/N-ethyl adjacent to an activating group) is 1. The zero-order valence-corrected chi connectivity index (χ0v) is 9.50. The van der Waals surface area contributed by atoms with Crippen molar-refractivity contribution in [2.45, 2.75) is 12.5 Å². The van der Waals surface area contributed by atoms with Gasteiger partial charge >= 0.3 is 0 Å². The molecule has 0 saturated carbocycles. The normalized spacial score (nSPS) is 19.7. The van der Waals surface area contributed by atoms with E-state index in [0.717, 1.165) is 17.9 Å². The fraction of sp³-hybridized carbons (Fsp3) is 0.455. The van der Waals surface area contributed by atoms with Crippen molar-refractivity contribution in [3.63, 3.8) is 0 Å². The average Bonchev–Trinajstić information content (AvgIpc) is 2.23. The first-order chi connectivity index (χ1) is 7.24. The molecule has 1 aromatic carbocycles. The van der Waals surface area contributed by atoms with Gasteiger partial charge in [-0.2, -0.15) is 0 Å². The lowest BCUT2D eigenvalue weighted by Gasteiger charge is -2.36. The Balaban J connectivity index is 2.30. The predicted molar refractivity (Wildman–Crippen MR) is 62.8 cm³/mol. The van der Waals surface area contributed by atoms with E-state index < -0.39 is 0 Å². The van der Waals surface area contributed by atoms with Gasteiger partial charge in [0.1, 0.15) is 6.61 Å². The summed E-state index contributed by atoms with van der Waals surface area (Å²) in [4.78, 5) is 2.19. The molecule has 82 valence electrons. The van der Waals surface area contributed by atoms with Crippen LogP contribution in [0.15, 0.2) is 18.2 Å². The fourth-order valence-corrected chi connectivity index (χ4v) is 2.10. The van der Waals surface area contributed by atoms with Crippen LogP contribution in [0.25, 0.3) is 0 Å². The number of nitrogens with zero attached hydrogens (tertiary/aromatic N) is 1. The second kappa shape index (κ2) is 4.29. The summed E-state index contributed by atoms with van der Waals surface area (Å²) in [6, 6.07) is 6.15. The van der Waals surface area contributed by atoms with Crippen molar-refractivity contribution in [2.75, 3.05) is 25.1 Å². The van der Waals surface area contributed by atoms with Crippen LogP contribution in [0.5, 0.6) is 5.75 Å². The predicted octanol–water partition coefficient (Wildman–Crippen LogP) is 1.89. The van der Waals surface area contributed by atoms with Crippen LogP contribution >= 0.6 is 11.6 Å². The fourth-order valence-electron chi connectivity index (χ4n) is 1.88. The molecule has 1 aromatic rings. The van der Waals surface area contributed by atoms with Crippen LogP contribution in [-0.4, -0.2) is 26.2 Å². The van der Waals surface area contributed by atoms with Crippen molar-refractivity contribution >= 4 is 17.3 Å². The maximum Gasteiger partial charge on any atom is 0.161 e. The Morgan fingerprint density at radius 3 is 3.13 bits per heavy atom. The lowest BCUT2D eigenvalue weighted by Crippen LogP contribution is -2.41. The first-order valence-corrected chi connectivity index (χ1v) is 5.46. The third-order valence-electron chi connectivity index (χ3n) is 2.79. The minimum Gasteiger partial charge on any atom is -0.488 e. The molecule has 4 heteroatoms. The number of hydrogen-bond donors (Lipinski definition) is 1. The molecule has 0 spiro atoms. The van der Waals surface area contributed by atoms with E-state index in [-0.39, 0.29) is 0 Å². The lowest BCUT2D eigenvalue weighted by molar-refractivity contribution is 0.261. The quantitative estimate of drug-likeness (QED) is 0.837. The SMILES string of the molecule is CN1c2cccc(Cl)c2OCC1CCN. The summed E-state index contributed by atoms with van der Waals surface area (Å²) < 4.78 is 5.66. The van der Waals surface area contributed by atoms with Crippen LogP contribution in [-0.2, 0) is 0 Å². The molecule has 0 saturated heterocycles. The number of para-hydroxylation sites is 1. The van der Waals surface area contributed by atoms with Crippen LogP contribution in [0.1, 0.15) is 6.42 Å². The average molecular weight is 227 g/mol. The van der Waals surface area contributed by atoms with Crippen molar-refractivity contribution in [3.8, 4) is 5.75 Å². The summed E-state index contributed by atoms with van der Waals surface area (Å²) in [6.07, 6.45) is 0.933. The van der Waals surface area contributed by atoms with Gasteiger partial charge in [0.15, 0.2) is 5.75 Å². The van der Waals surface area contributed by atoms with Gasteiger partial charge in [-0.25, -0.2) is 0 Å². The Labute approximate surface area is 94.8 Å². The number of fused-ring (bicyclic) bond motifs is 1. The monoisotopic (exact) mass is 226 g/mol. The van der Waals surface area contributed by atoms with Gasteiger partial charge in [0.05, 0.1) is 16.8 Å². The first-order valence-electron chi connectivity index (χ1n) is 5.08. The molecule has 0 bridgehead atoms. The maximum atomic E-state index is 6.06. The van der Waals surface area contributed by atoms with Crippen LogP contribution in [0.2, 0.25) is 5.02 Å². The molecule has 0 fully saturated rings. The molecular formula is C11H15ClN2O. The minimum absolute atomic E-state index is 0.348. The number of rotatable bonds is 2. The van der Waals surface area contributed by atoms with E-state index in [9.17, 15) is 0 Å². The summed E-state index contributed by atoms with van der Waals surface area (Å²) in [5, 5.41) is 0.672. The van der Waals surface area contributed by atoms with Crippen molar-refractivity contribution < 1.29 is 4.74 Å². The van der Waals surface area contributed by atoms with Crippen LogP contribution in [0, 0.1) is 0 Å². The van der Waals surface area contributed by atoms with Gasteiger partial charge in [0, 0.05) is 7.05 Å². The molecule has 2 N–H and O–H groups in total. The summed E-state index contributed by atoms with van der Waals surface area (Å²) in [6.45, 7) is 1.33. The van der Waals surface area contributed by atoms with E-state index in [1.165, 1.54) is 0 Å². The van der Waals surface area contributed by atoms with E-state index in [2.05, 4.69) is 11.9 Å². The molecule has 15 heavy (non-hydrogen) atoms. The van der Waals surface area contributed by atoms with Gasteiger partial charge in [-0.15, -0.1) is 0 Å². The standard InChI is InChI=1S/C11H15ClN2O/c1-14-8(5-6-13)7-15-11-9(12)3-2-4-10(11)14/h2-4,8H,5-7,13H2,1H3. The van der Waals surface area contributed by atoms with Gasteiger partial charge in [-0.1, -0.05) is 17.7 Å². The minimum atomic E-state index is 0.348. The summed E-state index contributed by atoms with van der Waals surface area (Å²) >= 11 is 6.06. The van der Waals surface area contributed by atoms with Crippen molar-refractivity contribution in [1.82, 2.24) is 0 Å². The van der Waals surface area contributed by atoms with Crippen LogP contribution < -0.4 is 15.4 Å². The van der Waals surface area contributed by atoms with Gasteiger partial charge in [0.2, 0.25) is 0 Å². The second-order valence-corrected chi connectivity index (χ2v) is 4.15. The van der Waals surface area contributed by atoms with Gasteiger partial charge in [-0.05, 0) is 25.1 Å². The topological polar surface area (TPSA) is 38.5 Å². The molecule has 0 radical (unpaired) electrons. The number of benzene rings is 1. The zero-order valence-electron chi connectivity index (χ0n) is 8.74. The molecule has 1 heterocycles.